The molecule has 20 heavy (non-hydrogen) atoms. The number of nitrogens with zero attached hydrogens (tertiary/aromatic N) is 2. The smallest absolute Gasteiger partial charge is 0.179 e. The van der Waals surface area contributed by atoms with Gasteiger partial charge in [0.05, 0.1) is 6.04 Å². The molecule has 2 atom stereocenters. The Morgan fingerprint density at radius 3 is 2.65 bits per heavy atom. The van der Waals surface area contributed by atoms with Crippen LogP contribution in [0.15, 0.2) is 24.3 Å². The van der Waals surface area contributed by atoms with Crippen molar-refractivity contribution in [1.82, 2.24) is 9.80 Å². The van der Waals surface area contributed by atoms with Crippen LogP contribution in [0.4, 0.5) is 0 Å². The molecule has 1 saturated heterocycles. The number of likely N-dealkylation sites (tertiary alicyclic amines) is 1. The van der Waals surface area contributed by atoms with E-state index in [0.29, 0.717) is 11.1 Å². The molecule has 1 aliphatic heterocycles. The summed E-state index contributed by atoms with van der Waals surface area (Å²) in [7, 11) is 4.20. The number of hydrogen-bond acceptors (Lipinski definition) is 3. The van der Waals surface area contributed by atoms with Gasteiger partial charge in [-0.1, -0.05) is 11.6 Å². The molecule has 1 fully saturated rings. The highest BCUT2D eigenvalue weighted by Crippen LogP contribution is 2.18. The zero-order valence-electron chi connectivity index (χ0n) is 12.5. The van der Waals surface area contributed by atoms with Gasteiger partial charge in [0, 0.05) is 23.2 Å². The average molecular weight is 295 g/mol. The molecule has 110 valence electrons. The summed E-state index contributed by atoms with van der Waals surface area (Å²) in [5.41, 5.74) is 0.734. The minimum absolute atomic E-state index is 0.104. The topological polar surface area (TPSA) is 23.6 Å². The Morgan fingerprint density at radius 2 is 2.05 bits per heavy atom. The summed E-state index contributed by atoms with van der Waals surface area (Å²) in [6.07, 6.45) is 2.37. The van der Waals surface area contributed by atoms with E-state index < -0.39 is 0 Å². The summed E-state index contributed by atoms with van der Waals surface area (Å²) in [6.45, 7) is 4.18. The number of carbonyl (C=O) groups excluding carboxylic acids is 1. The first-order valence-electron chi connectivity index (χ1n) is 7.19. The van der Waals surface area contributed by atoms with Gasteiger partial charge in [0.25, 0.3) is 0 Å². The maximum atomic E-state index is 12.5. The summed E-state index contributed by atoms with van der Waals surface area (Å²) in [4.78, 5) is 17.1. The normalized spacial score (nSPS) is 21.9. The number of benzene rings is 1. The minimum Gasteiger partial charge on any atom is -0.305 e. The van der Waals surface area contributed by atoms with Gasteiger partial charge in [-0.25, -0.2) is 0 Å². The van der Waals surface area contributed by atoms with Gasteiger partial charge in [0.15, 0.2) is 5.78 Å². The van der Waals surface area contributed by atoms with Crippen LogP contribution < -0.4 is 0 Å². The highest BCUT2D eigenvalue weighted by molar-refractivity contribution is 6.30. The largest absolute Gasteiger partial charge is 0.305 e. The molecular formula is C16H23ClN2O. The van der Waals surface area contributed by atoms with E-state index in [2.05, 4.69) is 23.9 Å². The number of rotatable bonds is 4. The molecular weight excluding hydrogens is 272 g/mol. The second-order valence-corrected chi connectivity index (χ2v) is 6.21. The van der Waals surface area contributed by atoms with Crippen molar-refractivity contribution < 1.29 is 4.79 Å². The number of hydrogen-bond donors (Lipinski definition) is 0. The van der Waals surface area contributed by atoms with E-state index in [1.807, 2.05) is 19.1 Å². The lowest BCUT2D eigenvalue weighted by molar-refractivity contribution is 0.0709. The standard InChI is InChI=1S/C16H23ClN2O/c1-12(16(20)13-6-8-14(17)9-7-13)19(3)15-5-4-10-18(2)11-15/h6-9,12,15H,4-5,10-11H2,1-3H3. The van der Waals surface area contributed by atoms with E-state index in [1.54, 1.807) is 12.1 Å². The first kappa shape index (κ1) is 15.5. The molecule has 2 rings (SSSR count). The third-order valence-corrected chi connectivity index (χ3v) is 4.55. The molecule has 1 aliphatic rings. The second kappa shape index (κ2) is 6.70. The summed E-state index contributed by atoms with van der Waals surface area (Å²) in [6, 6.07) is 7.52. The molecule has 1 aromatic carbocycles. The predicted octanol–water partition coefficient (Wildman–Crippen LogP) is 2.94. The lowest BCUT2D eigenvalue weighted by atomic mass is 9.99. The fourth-order valence-electron chi connectivity index (χ4n) is 2.83. The number of ketones is 1. The van der Waals surface area contributed by atoms with E-state index in [0.717, 1.165) is 18.7 Å². The Hall–Kier alpha value is -0.900. The van der Waals surface area contributed by atoms with Crippen LogP contribution in [0.3, 0.4) is 0 Å². The highest BCUT2D eigenvalue weighted by Gasteiger charge is 2.28. The Labute approximate surface area is 126 Å². The first-order chi connectivity index (χ1) is 9.49. The Bertz CT molecular complexity index is 460. The Kier molecular flexibility index (Phi) is 5.19. The Balaban J connectivity index is 2.03. The van der Waals surface area contributed by atoms with Crippen molar-refractivity contribution in [3.05, 3.63) is 34.9 Å². The first-order valence-corrected chi connectivity index (χ1v) is 7.57. The molecule has 4 heteroatoms. The van der Waals surface area contributed by atoms with Crippen LogP contribution in [-0.2, 0) is 0 Å². The SMILES string of the molecule is CC(C(=O)c1ccc(Cl)cc1)N(C)C1CCCN(C)C1. The summed E-state index contributed by atoms with van der Waals surface area (Å²) < 4.78 is 0. The maximum Gasteiger partial charge on any atom is 0.179 e. The third-order valence-electron chi connectivity index (χ3n) is 4.29. The van der Waals surface area contributed by atoms with Crippen LogP contribution in [0.2, 0.25) is 5.02 Å². The van der Waals surface area contributed by atoms with Gasteiger partial charge in [-0.3, -0.25) is 9.69 Å². The summed E-state index contributed by atoms with van der Waals surface area (Å²) in [5, 5.41) is 0.663. The fourth-order valence-corrected chi connectivity index (χ4v) is 2.95. The Morgan fingerprint density at radius 1 is 1.40 bits per heavy atom. The molecule has 0 N–H and O–H groups in total. The molecule has 0 aromatic heterocycles. The second-order valence-electron chi connectivity index (χ2n) is 5.77. The number of likely N-dealkylation sites (N-methyl/N-ethyl adjacent to an activating group) is 2. The van der Waals surface area contributed by atoms with Crippen molar-refractivity contribution in [3.8, 4) is 0 Å². The van der Waals surface area contributed by atoms with E-state index in [1.165, 1.54) is 12.8 Å². The van der Waals surface area contributed by atoms with Crippen LogP contribution in [0, 0.1) is 0 Å². The van der Waals surface area contributed by atoms with Crippen molar-refractivity contribution >= 4 is 17.4 Å². The number of Topliss-reactive ketones (excluding diaryl/α,β-unsaturated/α-hetero) is 1. The van der Waals surface area contributed by atoms with Crippen LogP contribution in [0.5, 0.6) is 0 Å². The molecule has 2 unspecified atom stereocenters. The van der Waals surface area contributed by atoms with E-state index in [-0.39, 0.29) is 11.8 Å². The quantitative estimate of drug-likeness (QED) is 0.798. The zero-order valence-corrected chi connectivity index (χ0v) is 13.2. The van der Waals surface area contributed by atoms with Crippen molar-refractivity contribution in [2.75, 3.05) is 27.2 Å². The van der Waals surface area contributed by atoms with E-state index in [9.17, 15) is 4.79 Å². The molecule has 0 amide bonds. The number of carbonyl (C=O) groups is 1. The van der Waals surface area contributed by atoms with Crippen LogP contribution >= 0.6 is 11.6 Å². The molecule has 1 aromatic rings. The lowest BCUT2D eigenvalue weighted by Gasteiger charge is -2.38. The van der Waals surface area contributed by atoms with Crippen molar-refractivity contribution in [2.24, 2.45) is 0 Å². The third kappa shape index (κ3) is 3.60. The fraction of sp³-hybridized carbons (Fsp3) is 0.562. The summed E-state index contributed by atoms with van der Waals surface area (Å²) in [5.74, 6) is 0.164. The summed E-state index contributed by atoms with van der Waals surface area (Å²) >= 11 is 5.87. The molecule has 1 heterocycles. The van der Waals surface area contributed by atoms with Gasteiger partial charge in [0.2, 0.25) is 0 Å². The average Bonchev–Trinajstić information content (AvgIpc) is 2.46. The maximum absolute atomic E-state index is 12.5. The molecule has 3 nitrogen and oxygen atoms in total. The minimum atomic E-state index is -0.104. The predicted molar refractivity (Wildman–Crippen MR) is 83.5 cm³/mol. The lowest BCUT2D eigenvalue weighted by Crippen LogP contribution is -2.50. The number of piperidine rings is 1. The van der Waals surface area contributed by atoms with Crippen molar-refractivity contribution in [2.45, 2.75) is 31.8 Å². The van der Waals surface area contributed by atoms with Crippen molar-refractivity contribution in [3.63, 3.8) is 0 Å². The van der Waals surface area contributed by atoms with Crippen LogP contribution in [-0.4, -0.2) is 54.9 Å². The molecule has 0 bridgehead atoms. The van der Waals surface area contributed by atoms with E-state index >= 15 is 0 Å². The monoisotopic (exact) mass is 294 g/mol. The van der Waals surface area contributed by atoms with Gasteiger partial charge in [-0.15, -0.1) is 0 Å². The highest BCUT2D eigenvalue weighted by atomic mass is 35.5. The molecule has 0 spiro atoms. The van der Waals surface area contributed by atoms with Gasteiger partial charge in [0.1, 0.15) is 0 Å². The molecule has 0 saturated carbocycles. The van der Waals surface area contributed by atoms with E-state index in [4.69, 9.17) is 11.6 Å². The van der Waals surface area contributed by atoms with Gasteiger partial charge in [-0.05, 0) is 64.7 Å². The van der Waals surface area contributed by atoms with Crippen molar-refractivity contribution in [1.29, 1.82) is 0 Å². The van der Waals surface area contributed by atoms with Crippen LogP contribution in [0.25, 0.3) is 0 Å². The molecule has 0 radical (unpaired) electrons. The van der Waals surface area contributed by atoms with Crippen LogP contribution in [0.1, 0.15) is 30.1 Å². The number of halogens is 1. The van der Waals surface area contributed by atoms with Gasteiger partial charge >= 0.3 is 0 Å². The van der Waals surface area contributed by atoms with Gasteiger partial charge in [-0.2, -0.15) is 0 Å². The zero-order chi connectivity index (χ0) is 14.7. The molecule has 0 aliphatic carbocycles. The van der Waals surface area contributed by atoms with Gasteiger partial charge < -0.3 is 4.90 Å².